The summed E-state index contributed by atoms with van der Waals surface area (Å²) < 4.78 is 0. The number of rotatable bonds is 1. The highest BCUT2D eigenvalue weighted by Gasteiger charge is 2.01. The summed E-state index contributed by atoms with van der Waals surface area (Å²) >= 11 is 0. The number of anilines is 1. The van der Waals surface area contributed by atoms with Gasteiger partial charge in [-0.2, -0.15) is 0 Å². The molecule has 0 amide bonds. The second-order valence-electron chi connectivity index (χ2n) is 2.50. The Hall–Kier alpha value is -1.75. The van der Waals surface area contributed by atoms with E-state index in [1.54, 1.807) is 18.2 Å². The fourth-order valence-electron chi connectivity index (χ4n) is 0.900. The van der Waals surface area contributed by atoms with Crippen molar-refractivity contribution in [1.29, 1.82) is 0 Å². The minimum atomic E-state index is -0.00787. The molecular formula is C10H9NO. The zero-order chi connectivity index (χ0) is 9.14. The predicted octanol–water partition coefficient (Wildman–Crippen LogP) is 1.45. The number of terminal acetylenes is 1. The molecule has 0 saturated carbocycles. The lowest BCUT2D eigenvalue weighted by atomic mass is 10.1. The number of benzene rings is 1. The molecule has 0 aliphatic rings. The Bertz CT molecular complexity index is 361. The summed E-state index contributed by atoms with van der Waals surface area (Å²) in [5.74, 6) is 2.41. The Labute approximate surface area is 71.4 Å². The van der Waals surface area contributed by atoms with Crippen LogP contribution in [-0.2, 0) is 0 Å². The fourth-order valence-corrected chi connectivity index (χ4v) is 0.900. The molecule has 0 atom stereocenters. The Kier molecular flexibility index (Phi) is 2.16. The van der Waals surface area contributed by atoms with E-state index in [1.165, 1.54) is 6.92 Å². The summed E-state index contributed by atoms with van der Waals surface area (Å²) in [4.78, 5) is 10.9. The van der Waals surface area contributed by atoms with E-state index >= 15 is 0 Å². The molecule has 0 unspecified atom stereocenters. The van der Waals surface area contributed by atoms with Gasteiger partial charge in [-0.05, 0) is 25.1 Å². The number of nitrogen functional groups attached to an aromatic ring is 1. The van der Waals surface area contributed by atoms with Crippen LogP contribution in [0.5, 0.6) is 0 Å². The number of hydrogen-bond acceptors (Lipinski definition) is 2. The summed E-state index contributed by atoms with van der Waals surface area (Å²) in [6, 6.07) is 4.93. The number of ketones is 1. The maximum absolute atomic E-state index is 10.9. The van der Waals surface area contributed by atoms with E-state index in [9.17, 15) is 4.79 Å². The van der Waals surface area contributed by atoms with Crippen molar-refractivity contribution in [2.75, 3.05) is 5.73 Å². The van der Waals surface area contributed by atoms with Crippen LogP contribution >= 0.6 is 0 Å². The van der Waals surface area contributed by atoms with E-state index in [4.69, 9.17) is 12.2 Å². The summed E-state index contributed by atoms with van der Waals surface area (Å²) in [7, 11) is 0. The molecule has 2 nitrogen and oxygen atoms in total. The average molecular weight is 159 g/mol. The lowest BCUT2D eigenvalue weighted by molar-refractivity contribution is 0.101. The smallest absolute Gasteiger partial charge is 0.159 e. The molecule has 2 heteroatoms. The first-order valence-electron chi connectivity index (χ1n) is 3.52. The summed E-state index contributed by atoms with van der Waals surface area (Å²) in [6.07, 6.45) is 5.18. The Morgan fingerprint density at radius 2 is 2.25 bits per heavy atom. The van der Waals surface area contributed by atoms with Gasteiger partial charge in [-0.1, -0.05) is 5.92 Å². The number of carbonyl (C=O) groups is 1. The SMILES string of the molecule is C#Cc1cc(C(C)=O)ccc1N. The maximum Gasteiger partial charge on any atom is 0.159 e. The van der Waals surface area contributed by atoms with Gasteiger partial charge in [0, 0.05) is 16.8 Å². The first-order chi connectivity index (χ1) is 5.65. The van der Waals surface area contributed by atoms with E-state index < -0.39 is 0 Å². The van der Waals surface area contributed by atoms with Crippen LogP contribution in [0.15, 0.2) is 18.2 Å². The molecule has 0 bridgehead atoms. The summed E-state index contributed by atoms with van der Waals surface area (Å²) in [5.41, 5.74) is 7.24. The quantitative estimate of drug-likeness (QED) is 0.383. The van der Waals surface area contributed by atoms with Gasteiger partial charge in [0.25, 0.3) is 0 Å². The molecular weight excluding hydrogens is 150 g/mol. The van der Waals surface area contributed by atoms with Crippen molar-refractivity contribution in [2.24, 2.45) is 0 Å². The van der Waals surface area contributed by atoms with Crippen molar-refractivity contribution in [2.45, 2.75) is 6.92 Å². The van der Waals surface area contributed by atoms with Crippen LogP contribution in [0.2, 0.25) is 0 Å². The molecule has 0 fully saturated rings. The highest BCUT2D eigenvalue weighted by atomic mass is 16.1. The van der Waals surface area contributed by atoms with E-state index in [-0.39, 0.29) is 5.78 Å². The van der Waals surface area contributed by atoms with Crippen LogP contribution in [0.4, 0.5) is 5.69 Å². The number of Topliss-reactive ketones (excluding diaryl/α,β-unsaturated/α-hetero) is 1. The van der Waals surface area contributed by atoms with Crippen molar-refractivity contribution in [3.8, 4) is 12.3 Å². The number of hydrogen-bond donors (Lipinski definition) is 1. The highest BCUT2D eigenvalue weighted by molar-refractivity contribution is 5.95. The lowest BCUT2D eigenvalue weighted by Crippen LogP contribution is -1.96. The van der Waals surface area contributed by atoms with Gasteiger partial charge >= 0.3 is 0 Å². The number of nitrogens with two attached hydrogens (primary N) is 1. The molecule has 0 spiro atoms. The second-order valence-corrected chi connectivity index (χ2v) is 2.50. The Morgan fingerprint density at radius 3 is 2.75 bits per heavy atom. The highest BCUT2D eigenvalue weighted by Crippen LogP contribution is 2.12. The van der Waals surface area contributed by atoms with Crippen LogP contribution in [-0.4, -0.2) is 5.78 Å². The van der Waals surface area contributed by atoms with Crippen molar-refractivity contribution < 1.29 is 4.79 Å². The third-order valence-electron chi connectivity index (χ3n) is 1.62. The molecule has 0 aliphatic carbocycles. The Morgan fingerprint density at radius 1 is 1.58 bits per heavy atom. The molecule has 0 heterocycles. The molecule has 0 saturated heterocycles. The van der Waals surface area contributed by atoms with Gasteiger partial charge < -0.3 is 5.73 Å². The summed E-state index contributed by atoms with van der Waals surface area (Å²) in [6.45, 7) is 1.49. The molecule has 1 aromatic rings. The van der Waals surface area contributed by atoms with Crippen molar-refractivity contribution in [1.82, 2.24) is 0 Å². The van der Waals surface area contributed by atoms with E-state index in [1.807, 2.05) is 0 Å². The van der Waals surface area contributed by atoms with Gasteiger partial charge in [-0.15, -0.1) is 6.42 Å². The molecule has 2 N–H and O–H groups in total. The molecule has 0 aromatic heterocycles. The monoisotopic (exact) mass is 159 g/mol. The van der Waals surface area contributed by atoms with Crippen LogP contribution < -0.4 is 5.73 Å². The standard InChI is InChI=1S/C10H9NO/c1-3-8-6-9(7(2)12)4-5-10(8)11/h1,4-6H,11H2,2H3. The van der Waals surface area contributed by atoms with Gasteiger partial charge in [0.05, 0.1) is 0 Å². The van der Waals surface area contributed by atoms with Gasteiger partial charge in [0.15, 0.2) is 5.78 Å². The molecule has 1 aromatic carbocycles. The van der Waals surface area contributed by atoms with Gasteiger partial charge in [0.1, 0.15) is 0 Å². The third-order valence-corrected chi connectivity index (χ3v) is 1.62. The summed E-state index contributed by atoms with van der Waals surface area (Å²) in [5, 5.41) is 0. The second kappa shape index (κ2) is 3.10. The van der Waals surface area contributed by atoms with Gasteiger partial charge in [-0.25, -0.2) is 0 Å². The zero-order valence-electron chi connectivity index (χ0n) is 6.79. The first kappa shape index (κ1) is 8.35. The normalized spacial score (nSPS) is 9.00. The van der Waals surface area contributed by atoms with Crippen molar-refractivity contribution >= 4 is 11.5 Å². The molecule has 0 radical (unpaired) electrons. The third kappa shape index (κ3) is 1.46. The largest absolute Gasteiger partial charge is 0.398 e. The van der Waals surface area contributed by atoms with Crippen LogP contribution in [0.25, 0.3) is 0 Å². The molecule has 12 heavy (non-hydrogen) atoms. The zero-order valence-corrected chi connectivity index (χ0v) is 6.79. The predicted molar refractivity (Wildman–Crippen MR) is 48.8 cm³/mol. The van der Waals surface area contributed by atoms with Gasteiger partial charge in [-0.3, -0.25) is 4.79 Å². The van der Waals surface area contributed by atoms with Crippen LogP contribution in [0.1, 0.15) is 22.8 Å². The van der Waals surface area contributed by atoms with E-state index in [0.717, 1.165) is 0 Å². The average Bonchev–Trinajstić information content (AvgIpc) is 2.05. The van der Waals surface area contributed by atoms with Crippen molar-refractivity contribution in [3.63, 3.8) is 0 Å². The maximum atomic E-state index is 10.9. The van der Waals surface area contributed by atoms with Crippen LogP contribution in [0, 0.1) is 12.3 Å². The van der Waals surface area contributed by atoms with E-state index in [2.05, 4.69) is 5.92 Å². The van der Waals surface area contributed by atoms with E-state index in [0.29, 0.717) is 16.8 Å². The molecule has 1 rings (SSSR count). The topological polar surface area (TPSA) is 43.1 Å². The molecule has 0 aliphatic heterocycles. The minimum absolute atomic E-state index is 0.00787. The fraction of sp³-hybridized carbons (Fsp3) is 0.100. The first-order valence-corrected chi connectivity index (χ1v) is 3.52. The molecule has 60 valence electrons. The van der Waals surface area contributed by atoms with Crippen molar-refractivity contribution in [3.05, 3.63) is 29.3 Å². The van der Waals surface area contributed by atoms with Crippen LogP contribution in [0.3, 0.4) is 0 Å². The minimum Gasteiger partial charge on any atom is -0.398 e. The number of carbonyl (C=O) groups excluding carboxylic acids is 1. The Balaban J connectivity index is 3.25. The lowest BCUT2D eigenvalue weighted by Gasteiger charge is -1.99. The van der Waals surface area contributed by atoms with Gasteiger partial charge in [0.2, 0.25) is 0 Å².